The Hall–Kier alpha value is -4.41. The van der Waals surface area contributed by atoms with Crippen molar-refractivity contribution in [2.75, 3.05) is 52.4 Å². The van der Waals surface area contributed by atoms with Crippen molar-refractivity contribution in [1.29, 1.82) is 0 Å². The highest BCUT2D eigenvalue weighted by Gasteiger charge is 2.30. The molecule has 0 atom stereocenters. The van der Waals surface area contributed by atoms with Gasteiger partial charge >= 0.3 is 0 Å². The number of methoxy groups -OCH3 is 3. The lowest BCUT2D eigenvalue weighted by atomic mass is 10.1. The average Bonchev–Trinajstić information content (AvgIpc) is 2.92. The van der Waals surface area contributed by atoms with Gasteiger partial charge in [0.25, 0.3) is 11.6 Å². The van der Waals surface area contributed by atoms with Crippen molar-refractivity contribution >= 4 is 17.4 Å². The topological polar surface area (TPSA) is 120 Å². The molecule has 2 aromatic carbocycles. The van der Waals surface area contributed by atoms with Gasteiger partial charge in [-0.1, -0.05) is 12.1 Å². The zero-order valence-corrected chi connectivity index (χ0v) is 19.6. The lowest BCUT2D eigenvalue weighted by molar-refractivity contribution is -0.385. The van der Waals surface area contributed by atoms with Crippen molar-refractivity contribution < 1.29 is 23.9 Å². The molecule has 182 valence electrons. The first-order chi connectivity index (χ1) is 17.0. The number of nitro benzene ring substituents is 1. The molecule has 0 N–H and O–H groups in total. The van der Waals surface area contributed by atoms with Crippen LogP contribution in [0.15, 0.2) is 48.5 Å². The molecule has 0 saturated carbocycles. The Kier molecular flexibility index (Phi) is 6.95. The molecule has 1 fully saturated rings. The van der Waals surface area contributed by atoms with E-state index < -0.39 is 10.8 Å². The molecule has 0 unspecified atom stereocenters. The predicted octanol–water partition coefficient (Wildman–Crippen LogP) is 3.04. The highest BCUT2D eigenvalue weighted by molar-refractivity contribution is 5.99. The van der Waals surface area contributed by atoms with Crippen molar-refractivity contribution in [2.45, 2.75) is 0 Å². The number of para-hydroxylation sites is 1. The van der Waals surface area contributed by atoms with Crippen LogP contribution in [0.1, 0.15) is 10.4 Å². The molecular weight excluding hydrogens is 454 g/mol. The van der Waals surface area contributed by atoms with E-state index in [2.05, 4.69) is 10.2 Å². The summed E-state index contributed by atoms with van der Waals surface area (Å²) in [5.74, 6) is 1.41. The number of carbonyl (C=O) groups is 1. The molecule has 0 bridgehead atoms. The van der Waals surface area contributed by atoms with E-state index in [4.69, 9.17) is 14.2 Å². The van der Waals surface area contributed by atoms with Crippen molar-refractivity contribution in [1.82, 2.24) is 15.1 Å². The van der Waals surface area contributed by atoms with Gasteiger partial charge in [0.1, 0.15) is 11.3 Å². The fourth-order valence-electron chi connectivity index (χ4n) is 3.99. The van der Waals surface area contributed by atoms with Gasteiger partial charge in [-0.3, -0.25) is 14.9 Å². The van der Waals surface area contributed by atoms with Gasteiger partial charge in [0.15, 0.2) is 17.3 Å². The zero-order valence-electron chi connectivity index (χ0n) is 19.6. The Labute approximate surface area is 202 Å². The van der Waals surface area contributed by atoms with Crippen LogP contribution in [0.25, 0.3) is 11.3 Å². The molecule has 35 heavy (non-hydrogen) atoms. The third kappa shape index (κ3) is 4.79. The molecule has 1 aliphatic heterocycles. The molecule has 1 aliphatic rings. The van der Waals surface area contributed by atoms with Crippen molar-refractivity contribution in [3.05, 3.63) is 64.2 Å². The average molecular weight is 479 g/mol. The fraction of sp³-hybridized carbons (Fsp3) is 0.292. The van der Waals surface area contributed by atoms with Gasteiger partial charge in [0, 0.05) is 37.8 Å². The minimum atomic E-state index is -0.593. The van der Waals surface area contributed by atoms with Crippen LogP contribution in [-0.2, 0) is 0 Å². The Bertz CT molecular complexity index is 1230. The largest absolute Gasteiger partial charge is 0.496 e. The molecule has 11 heteroatoms. The number of anilines is 1. The maximum absolute atomic E-state index is 13.2. The summed E-state index contributed by atoms with van der Waals surface area (Å²) in [6.07, 6.45) is 0. The van der Waals surface area contributed by atoms with E-state index in [1.807, 2.05) is 41.3 Å². The molecule has 0 radical (unpaired) electrons. The molecule has 4 rings (SSSR count). The van der Waals surface area contributed by atoms with Crippen LogP contribution in [0.3, 0.4) is 0 Å². The number of nitrogens with zero attached hydrogens (tertiary/aromatic N) is 5. The molecule has 0 spiro atoms. The number of rotatable bonds is 7. The number of piperazine rings is 1. The minimum Gasteiger partial charge on any atom is -0.496 e. The fourth-order valence-corrected chi connectivity index (χ4v) is 3.99. The van der Waals surface area contributed by atoms with Crippen LogP contribution in [0.5, 0.6) is 17.2 Å². The number of nitro groups is 1. The van der Waals surface area contributed by atoms with Crippen LogP contribution in [0.2, 0.25) is 0 Å². The standard InChI is InChI=1S/C24H25N5O6/c1-33-20-7-5-4-6-16(20)18-8-9-23(26-25-18)27-10-12-28(13-11-27)24(30)17-14-21(34-2)22(35-3)15-19(17)29(31)32/h4-9,14-15H,10-13H2,1-3H3. The second kappa shape index (κ2) is 10.2. The van der Waals surface area contributed by atoms with E-state index in [0.717, 1.165) is 5.56 Å². The number of amides is 1. The number of aromatic nitrogens is 2. The predicted molar refractivity (Wildman–Crippen MR) is 128 cm³/mol. The van der Waals surface area contributed by atoms with E-state index >= 15 is 0 Å². The van der Waals surface area contributed by atoms with Crippen LogP contribution < -0.4 is 19.1 Å². The maximum atomic E-state index is 13.2. The van der Waals surface area contributed by atoms with Crippen molar-refractivity contribution in [3.63, 3.8) is 0 Å². The van der Waals surface area contributed by atoms with E-state index in [1.165, 1.54) is 26.4 Å². The number of benzene rings is 2. The molecule has 1 amide bonds. The molecule has 2 heterocycles. The van der Waals surface area contributed by atoms with E-state index in [9.17, 15) is 14.9 Å². The van der Waals surface area contributed by atoms with Gasteiger partial charge in [0.2, 0.25) is 0 Å². The Balaban J connectivity index is 1.47. The summed E-state index contributed by atoms with van der Waals surface area (Å²) in [6.45, 7) is 1.77. The van der Waals surface area contributed by atoms with Crippen molar-refractivity contribution in [2.24, 2.45) is 0 Å². The van der Waals surface area contributed by atoms with E-state index in [0.29, 0.717) is 43.4 Å². The first-order valence-electron chi connectivity index (χ1n) is 10.9. The molecule has 0 aliphatic carbocycles. The summed E-state index contributed by atoms with van der Waals surface area (Å²) in [6, 6.07) is 13.9. The summed E-state index contributed by atoms with van der Waals surface area (Å²) >= 11 is 0. The summed E-state index contributed by atoms with van der Waals surface area (Å²) in [4.78, 5) is 27.8. The molecule has 1 aromatic heterocycles. The second-order valence-electron chi connectivity index (χ2n) is 7.74. The smallest absolute Gasteiger partial charge is 0.286 e. The first-order valence-corrected chi connectivity index (χ1v) is 10.9. The van der Waals surface area contributed by atoms with Crippen LogP contribution >= 0.6 is 0 Å². The van der Waals surface area contributed by atoms with E-state index in [-0.39, 0.29) is 22.7 Å². The SMILES string of the molecule is COc1cc(C(=O)N2CCN(c3ccc(-c4ccccc4OC)nn3)CC2)c([N+](=O)[O-])cc1OC. The quantitative estimate of drug-likeness (QED) is 0.372. The number of hydrogen-bond donors (Lipinski definition) is 0. The molecule has 11 nitrogen and oxygen atoms in total. The zero-order chi connectivity index (χ0) is 24.9. The number of hydrogen-bond acceptors (Lipinski definition) is 9. The van der Waals surface area contributed by atoms with Gasteiger partial charge in [-0.15, -0.1) is 10.2 Å². The summed E-state index contributed by atoms with van der Waals surface area (Å²) in [5, 5.41) is 20.3. The second-order valence-corrected chi connectivity index (χ2v) is 7.74. The molecule has 1 saturated heterocycles. The Morgan fingerprint density at radius 3 is 2.14 bits per heavy atom. The Morgan fingerprint density at radius 1 is 0.886 bits per heavy atom. The van der Waals surface area contributed by atoms with Crippen molar-refractivity contribution in [3.8, 4) is 28.5 Å². The molecular formula is C24H25N5O6. The normalized spacial score (nSPS) is 13.3. The number of ether oxygens (including phenoxy) is 3. The number of carbonyl (C=O) groups excluding carboxylic acids is 1. The summed E-state index contributed by atoms with van der Waals surface area (Å²) in [7, 11) is 4.41. The monoisotopic (exact) mass is 479 g/mol. The Morgan fingerprint density at radius 2 is 1.54 bits per heavy atom. The minimum absolute atomic E-state index is 0.0398. The van der Waals surface area contributed by atoms with Gasteiger partial charge in [0.05, 0.1) is 38.0 Å². The maximum Gasteiger partial charge on any atom is 0.286 e. The first kappa shape index (κ1) is 23.7. The van der Waals surface area contributed by atoms with Gasteiger partial charge < -0.3 is 24.0 Å². The van der Waals surface area contributed by atoms with Gasteiger partial charge in [-0.2, -0.15) is 0 Å². The highest BCUT2D eigenvalue weighted by Crippen LogP contribution is 2.35. The summed E-state index contributed by atoms with van der Waals surface area (Å²) in [5.41, 5.74) is 1.18. The lowest BCUT2D eigenvalue weighted by Gasteiger charge is -2.35. The van der Waals surface area contributed by atoms with Crippen LogP contribution in [-0.4, -0.2) is 73.4 Å². The van der Waals surface area contributed by atoms with Gasteiger partial charge in [-0.05, 0) is 24.3 Å². The van der Waals surface area contributed by atoms with Crippen LogP contribution in [0, 0.1) is 10.1 Å². The lowest BCUT2D eigenvalue weighted by Crippen LogP contribution is -2.49. The summed E-state index contributed by atoms with van der Waals surface area (Å²) < 4.78 is 15.8. The molecule has 3 aromatic rings. The third-order valence-corrected chi connectivity index (χ3v) is 5.85. The van der Waals surface area contributed by atoms with Gasteiger partial charge in [-0.25, -0.2) is 0 Å². The highest BCUT2D eigenvalue weighted by atomic mass is 16.6. The van der Waals surface area contributed by atoms with E-state index in [1.54, 1.807) is 12.0 Å². The van der Waals surface area contributed by atoms with Crippen LogP contribution in [0.4, 0.5) is 11.5 Å². The third-order valence-electron chi connectivity index (χ3n) is 5.85.